The van der Waals surface area contributed by atoms with E-state index in [4.69, 9.17) is 20.4 Å². The molecule has 16 heavy (non-hydrogen) atoms. The quantitative estimate of drug-likeness (QED) is 0.327. The first-order valence-corrected chi connectivity index (χ1v) is 4.40. The number of rotatable bonds is 5. The fourth-order valence-electron chi connectivity index (χ4n) is 0.890. The van der Waals surface area contributed by atoms with Crippen LogP contribution in [0.2, 0.25) is 0 Å². The largest absolute Gasteiger partial charge is 0.394 e. The lowest BCUT2D eigenvalue weighted by molar-refractivity contribution is -0.151. The van der Waals surface area contributed by atoms with E-state index in [1.807, 2.05) is 0 Å². The molecule has 0 unspecified atom stereocenters. The second kappa shape index (κ2) is 6.51. The van der Waals surface area contributed by atoms with Crippen molar-refractivity contribution in [3.8, 4) is 0 Å². The van der Waals surface area contributed by atoms with Crippen molar-refractivity contribution in [3.63, 3.8) is 0 Å². The van der Waals surface area contributed by atoms with Gasteiger partial charge < -0.3 is 25.5 Å². The number of imide groups is 1. The van der Waals surface area contributed by atoms with Gasteiger partial charge >= 0.3 is 0 Å². The zero-order valence-electron chi connectivity index (χ0n) is 8.52. The Morgan fingerprint density at radius 2 is 1.62 bits per heavy atom. The highest BCUT2D eigenvalue weighted by Gasteiger charge is 2.35. The van der Waals surface area contributed by atoms with Gasteiger partial charge in [0.25, 0.3) is 5.91 Å². The molecule has 0 aromatic carbocycles. The summed E-state index contributed by atoms with van der Waals surface area (Å²) in [4.78, 5) is 21.4. The molecule has 0 aromatic heterocycles. The Labute approximate surface area is 91.1 Å². The van der Waals surface area contributed by atoms with Crippen LogP contribution in [0.1, 0.15) is 6.92 Å². The molecule has 2 amide bonds. The molecule has 0 fully saturated rings. The Bertz CT molecular complexity index is 257. The minimum atomic E-state index is -2.14. The number of carbonyl (C=O) groups excluding carboxylic acids is 2. The van der Waals surface area contributed by atoms with Gasteiger partial charge in [-0.3, -0.25) is 9.59 Å². The Balaban J connectivity index is 4.42. The van der Waals surface area contributed by atoms with E-state index in [9.17, 15) is 14.7 Å². The lowest BCUT2D eigenvalue weighted by atomic mass is 10.0. The van der Waals surface area contributed by atoms with Crippen molar-refractivity contribution in [1.29, 1.82) is 0 Å². The summed E-state index contributed by atoms with van der Waals surface area (Å²) in [5.41, 5.74) is 0. The predicted octanol–water partition coefficient (Wildman–Crippen LogP) is -3.90. The van der Waals surface area contributed by atoms with Gasteiger partial charge in [0.05, 0.1) is 6.61 Å². The van der Waals surface area contributed by atoms with Crippen LogP contribution in [0.5, 0.6) is 0 Å². The number of hydrogen-bond acceptors (Lipinski definition) is 7. The number of aliphatic hydroxyl groups is 5. The lowest BCUT2D eigenvalue weighted by Gasteiger charge is -2.24. The summed E-state index contributed by atoms with van der Waals surface area (Å²) < 4.78 is 0. The molecule has 8 heteroatoms. The highest BCUT2D eigenvalue weighted by molar-refractivity contribution is 5.96. The summed E-state index contributed by atoms with van der Waals surface area (Å²) in [5.74, 6) is -2.20. The van der Waals surface area contributed by atoms with Crippen LogP contribution in [0.3, 0.4) is 0 Å². The van der Waals surface area contributed by atoms with Gasteiger partial charge in [0.15, 0.2) is 6.10 Å². The van der Waals surface area contributed by atoms with E-state index in [1.54, 1.807) is 0 Å². The maximum absolute atomic E-state index is 11.0. The van der Waals surface area contributed by atoms with E-state index in [0.29, 0.717) is 0 Å². The molecule has 0 aliphatic rings. The highest BCUT2D eigenvalue weighted by Crippen LogP contribution is 2.05. The molecule has 0 saturated heterocycles. The summed E-state index contributed by atoms with van der Waals surface area (Å²) in [7, 11) is 0. The summed E-state index contributed by atoms with van der Waals surface area (Å²) in [6, 6.07) is 0. The standard InChI is InChI=1S/C8H14NO7/c1-3(11)9-8(16)7(15)6(14)5(13)4(12)2-10/h4-7,10,12-15H,2H2,1H3/t4-,5-,6+,7-/m1/s1. The maximum Gasteiger partial charge on any atom is 0.280 e. The first-order chi connectivity index (χ1) is 7.31. The molecule has 0 heterocycles. The molecule has 5 N–H and O–H groups in total. The molecule has 8 nitrogen and oxygen atoms in total. The first-order valence-electron chi connectivity index (χ1n) is 4.40. The van der Waals surface area contributed by atoms with Gasteiger partial charge in [0.1, 0.15) is 18.3 Å². The van der Waals surface area contributed by atoms with E-state index in [2.05, 4.69) is 5.32 Å². The highest BCUT2D eigenvalue weighted by atomic mass is 16.4. The molecule has 0 aliphatic heterocycles. The number of carbonyl (C=O) groups is 2. The Morgan fingerprint density at radius 3 is 2.00 bits per heavy atom. The SMILES string of the molecule is CC(=O)[N]C(=O)[C@H](O)[C@@H](O)[C@H](O)[C@H](O)CO. The fourth-order valence-corrected chi connectivity index (χ4v) is 0.890. The van der Waals surface area contributed by atoms with Crippen LogP contribution >= 0.6 is 0 Å². The average molecular weight is 236 g/mol. The van der Waals surface area contributed by atoms with E-state index < -0.39 is 42.8 Å². The van der Waals surface area contributed by atoms with Gasteiger partial charge in [-0.15, -0.1) is 0 Å². The van der Waals surface area contributed by atoms with Crippen molar-refractivity contribution in [2.45, 2.75) is 31.3 Å². The molecule has 0 spiro atoms. The molecular weight excluding hydrogens is 222 g/mol. The van der Waals surface area contributed by atoms with Gasteiger partial charge in [0.2, 0.25) is 5.91 Å². The molecule has 0 saturated carbocycles. The minimum Gasteiger partial charge on any atom is -0.394 e. The van der Waals surface area contributed by atoms with Crippen molar-refractivity contribution in [1.82, 2.24) is 5.32 Å². The molecule has 1 radical (unpaired) electrons. The molecule has 4 atom stereocenters. The second-order valence-corrected chi connectivity index (χ2v) is 3.15. The molecule has 0 aromatic rings. The molecule has 0 aliphatic carbocycles. The number of hydrogen-bond donors (Lipinski definition) is 5. The molecular formula is C8H14NO7. The smallest absolute Gasteiger partial charge is 0.280 e. The normalized spacial score (nSPS) is 18.4. The number of nitrogens with zero attached hydrogens (tertiary/aromatic N) is 1. The van der Waals surface area contributed by atoms with E-state index in [0.717, 1.165) is 6.92 Å². The van der Waals surface area contributed by atoms with Crippen LogP contribution in [-0.4, -0.2) is 68.4 Å². The van der Waals surface area contributed by atoms with Gasteiger partial charge in [-0.25, -0.2) is 0 Å². The van der Waals surface area contributed by atoms with Crippen LogP contribution in [-0.2, 0) is 9.59 Å². The summed E-state index contributed by atoms with van der Waals surface area (Å²) in [6.45, 7) is 0.110. The Hall–Kier alpha value is -1.06. The number of amides is 2. The van der Waals surface area contributed by atoms with Gasteiger partial charge in [-0.1, -0.05) is 0 Å². The average Bonchev–Trinajstić information content (AvgIpc) is 2.23. The lowest BCUT2D eigenvalue weighted by Crippen LogP contribution is -2.50. The number of aliphatic hydroxyl groups excluding tert-OH is 5. The van der Waals surface area contributed by atoms with Crippen LogP contribution < -0.4 is 5.32 Å². The zero-order chi connectivity index (χ0) is 12.9. The summed E-state index contributed by atoms with van der Waals surface area (Å²) >= 11 is 0. The molecule has 93 valence electrons. The van der Waals surface area contributed by atoms with Crippen LogP contribution in [0.15, 0.2) is 0 Å². The van der Waals surface area contributed by atoms with Crippen molar-refractivity contribution in [2.75, 3.05) is 6.61 Å². The summed E-state index contributed by atoms with van der Waals surface area (Å²) in [6.07, 6.45) is -7.82. The minimum absolute atomic E-state index is 0.858. The van der Waals surface area contributed by atoms with E-state index in [-0.39, 0.29) is 0 Å². The van der Waals surface area contributed by atoms with Crippen LogP contribution in [0, 0.1) is 0 Å². The zero-order valence-corrected chi connectivity index (χ0v) is 8.52. The third-order valence-corrected chi connectivity index (χ3v) is 1.78. The third kappa shape index (κ3) is 4.21. The fraction of sp³-hybridized carbons (Fsp3) is 0.750. The van der Waals surface area contributed by atoms with Gasteiger partial charge in [0, 0.05) is 6.92 Å². The van der Waals surface area contributed by atoms with E-state index >= 15 is 0 Å². The van der Waals surface area contributed by atoms with Crippen LogP contribution in [0.25, 0.3) is 0 Å². The second-order valence-electron chi connectivity index (χ2n) is 3.15. The van der Waals surface area contributed by atoms with Crippen molar-refractivity contribution in [2.24, 2.45) is 0 Å². The van der Waals surface area contributed by atoms with Gasteiger partial charge in [-0.2, -0.15) is 5.32 Å². The van der Waals surface area contributed by atoms with Gasteiger partial charge in [-0.05, 0) is 0 Å². The van der Waals surface area contributed by atoms with Crippen molar-refractivity contribution < 1.29 is 35.1 Å². The first kappa shape index (κ1) is 14.9. The monoisotopic (exact) mass is 236 g/mol. The maximum atomic E-state index is 11.0. The Morgan fingerprint density at radius 1 is 1.12 bits per heavy atom. The van der Waals surface area contributed by atoms with Crippen LogP contribution in [0.4, 0.5) is 0 Å². The van der Waals surface area contributed by atoms with E-state index in [1.165, 1.54) is 0 Å². The molecule has 0 rings (SSSR count). The predicted molar refractivity (Wildman–Crippen MR) is 48.9 cm³/mol. The molecule has 0 bridgehead atoms. The van der Waals surface area contributed by atoms with Crippen molar-refractivity contribution >= 4 is 11.8 Å². The third-order valence-electron chi connectivity index (χ3n) is 1.78. The summed E-state index contributed by atoms with van der Waals surface area (Å²) in [5, 5.41) is 47.7. The van der Waals surface area contributed by atoms with Crippen molar-refractivity contribution in [3.05, 3.63) is 0 Å². The Kier molecular flexibility index (Phi) is 6.08. The topological polar surface area (TPSA) is 149 Å².